The molecule has 0 aromatic carbocycles. The van der Waals surface area contributed by atoms with E-state index in [1.807, 2.05) is 0 Å². The van der Waals surface area contributed by atoms with Gasteiger partial charge in [0.2, 0.25) is 5.12 Å². The van der Waals surface area contributed by atoms with E-state index >= 15 is 0 Å². The van der Waals surface area contributed by atoms with Gasteiger partial charge >= 0.3 is 11.9 Å². The number of hydrogen-bond donors (Lipinski definition) is 7. The smallest absolute Gasteiger partial charge is 0.329 e. The van der Waals surface area contributed by atoms with Gasteiger partial charge < -0.3 is 25.2 Å². The number of carbonyl (C=O) groups is 5. The Morgan fingerprint density at radius 3 is 1.80 bits per heavy atom. The molecule has 2 amide bonds. The molecule has 0 aliphatic carbocycles. The zero-order chi connectivity index (χ0) is 34.1. The molecule has 0 radical (unpaired) electrons. The van der Waals surface area contributed by atoms with Crippen LogP contribution in [0.25, 0.3) is 11.4 Å². The van der Waals surface area contributed by atoms with Crippen LogP contribution < -0.4 is 20.1 Å². The second kappa shape index (κ2) is 21.4. The summed E-state index contributed by atoms with van der Waals surface area (Å²) in [4.78, 5) is 70.1. The fraction of sp³-hybridized carbons (Fsp3) is 0.385. The number of pyridine rings is 2. The summed E-state index contributed by atoms with van der Waals surface area (Å²) in [6.45, 7) is -0.179. The molecule has 0 spiro atoms. The molecule has 2 heterocycles. The third kappa shape index (κ3) is 13.0. The third-order valence-electron chi connectivity index (χ3n) is 5.71. The molecule has 2 aromatic heterocycles. The number of aliphatic hydroxyl groups excluding tert-OH is 1. The summed E-state index contributed by atoms with van der Waals surface area (Å²) in [5.74, 6) is -2.00. The molecule has 2 rings (SSSR count). The van der Waals surface area contributed by atoms with Crippen LogP contribution in [0.5, 0.6) is 0 Å². The molecule has 2 unspecified atom stereocenters. The van der Waals surface area contributed by atoms with Gasteiger partial charge in [0, 0.05) is 29.7 Å². The van der Waals surface area contributed by atoms with Crippen LogP contribution in [0.2, 0.25) is 0 Å². The molecule has 0 bridgehead atoms. The predicted molar refractivity (Wildman–Crippen MR) is 189 cm³/mol. The van der Waals surface area contributed by atoms with Gasteiger partial charge in [-0.2, -0.15) is 12.6 Å². The van der Waals surface area contributed by atoms with Crippen molar-refractivity contribution in [2.75, 3.05) is 38.1 Å². The number of hydrogen-bond acceptors (Lipinski definition) is 17. The zero-order valence-electron chi connectivity index (χ0n) is 24.4. The Labute approximate surface area is 294 Å². The topological polar surface area (TPSA) is 198 Å². The maximum atomic E-state index is 12.8. The Hall–Kier alpha value is -2.43. The van der Waals surface area contributed by atoms with Crippen LogP contribution in [0.4, 0.5) is 0 Å². The van der Waals surface area contributed by atoms with Crippen molar-refractivity contribution in [3.8, 4) is 11.4 Å². The number of rotatable bonds is 20. The van der Waals surface area contributed by atoms with Crippen LogP contribution in [0.15, 0.2) is 36.7 Å². The van der Waals surface area contributed by atoms with E-state index in [0.717, 1.165) is 11.9 Å². The zero-order valence-corrected chi connectivity index (χ0v) is 29.5. The van der Waals surface area contributed by atoms with E-state index in [4.69, 9.17) is 21.7 Å². The second-order valence-corrected chi connectivity index (χ2v) is 13.0. The van der Waals surface area contributed by atoms with Crippen molar-refractivity contribution in [3.63, 3.8) is 0 Å². The van der Waals surface area contributed by atoms with Crippen molar-refractivity contribution in [2.24, 2.45) is 0 Å². The number of amides is 2. The number of aliphatic hydroxyl groups is 1. The highest BCUT2D eigenvalue weighted by Crippen LogP contribution is 2.20. The van der Waals surface area contributed by atoms with Crippen molar-refractivity contribution in [1.82, 2.24) is 30.0 Å². The van der Waals surface area contributed by atoms with Crippen LogP contribution in [0.3, 0.4) is 0 Å². The summed E-state index contributed by atoms with van der Waals surface area (Å²) in [5, 5.41) is 15.3. The molecule has 4 atom stereocenters. The fourth-order valence-corrected chi connectivity index (χ4v) is 7.00. The number of nitrogens with one attached hydrogen (secondary N) is 4. The molecular weight excluding hydrogens is 717 g/mol. The van der Waals surface area contributed by atoms with Crippen molar-refractivity contribution < 1.29 is 38.6 Å². The summed E-state index contributed by atoms with van der Waals surface area (Å²) in [6.07, 6.45) is 2.63. The number of thiol groups is 2. The van der Waals surface area contributed by atoms with E-state index in [2.05, 4.69) is 55.3 Å². The van der Waals surface area contributed by atoms with Crippen molar-refractivity contribution >= 4 is 105 Å². The standard InChI is InChI=1S/C26H32N6O8S6/c1-39-24(36)20(12-44-32-19(11-42)26(38)43)29-22(34)14-3-5-17(27-7-14)18-6-4-15(8-28-18)23(35)30-21(25(37)40-2)13-45-46-31-16(9-33)10-41/h3-8,10,16,19-21,31-33,42H,9,11-13H2,1-2H3,(H,29,34)(H,30,35)(H,38,43)/t16-,19+,20?,21?/m1/s1. The summed E-state index contributed by atoms with van der Waals surface area (Å²) in [6, 6.07) is 3.11. The van der Waals surface area contributed by atoms with Crippen molar-refractivity contribution in [1.29, 1.82) is 0 Å². The molecule has 0 saturated heterocycles. The van der Waals surface area contributed by atoms with E-state index in [9.17, 15) is 29.1 Å². The summed E-state index contributed by atoms with van der Waals surface area (Å²) >= 11 is 13.7. The molecule has 0 aliphatic rings. The van der Waals surface area contributed by atoms with Crippen LogP contribution in [0, 0.1) is 0 Å². The minimum absolute atomic E-state index is 0.0634. The average molecular weight is 749 g/mol. The van der Waals surface area contributed by atoms with Crippen LogP contribution >= 0.6 is 71.2 Å². The van der Waals surface area contributed by atoms with E-state index in [0.29, 0.717) is 11.4 Å². The highest BCUT2D eigenvalue weighted by atomic mass is 33.1. The second-order valence-electron chi connectivity index (χ2n) is 8.88. The van der Waals surface area contributed by atoms with Gasteiger partial charge in [-0.1, -0.05) is 35.0 Å². The lowest BCUT2D eigenvalue weighted by Gasteiger charge is -2.18. The van der Waals surface area contributed by atoms with Gasteiger partial charge in [0.05, 0.1) is 55.4 Å². The van der Waals surface area contributed by atoms with Gasteiger partial charge in [-0.3, -0.25) is 29.1 Å². The third-order valence-corrected chi connectivity index (χ3v) is 9.70. The predicted octanol–water partition coefficient (Wildman–Crippen LogP) is 0.926. The molecule has 20 heteroatoms. The van der Waals surface area contributed by atoms with Crippen LogP contribution in [0.1, 0.15) is 20.7 Å². The Balaban J connectivity index is 2.00. The SMILES string of the molecule is COC(=O)C(CSN[C@@H](CS)C(=O)S)NC(=O)c1ccc(-c2ccc(C(=O)NC(CSSN[C@@H](C=S)CO)C(=O)OC)cn2)nc1. The van der Waals surface area contributed by atoms with E-state index in [1.165, 1.54) is 65.9 Å². The Bertz CT molecular complexity index is 1340. The molecular formula is C26H32N6O8S6. The first-order valence-electron chi connectivity index (χ1n) is 13.1. The number of nitrogens with zero attached hydrogens (tertiary/aromatic N) is 2. The maximum Gasteiger partial charge on any atom is 0.329 e. The lowest BCUT2D eigenvalue weighted by atomic mass is 10.1. The Kier molecular flexibility index (Phi) is 18.5. The normalized spacial score (nSPS) is 13.4. The van der Waals surface area contributed by atoms with Gasteiger partial charge in [0.1, 0.15) is 12.1 Å². The molecule has 0 saturated carbocycles. The first-order chi connectivity index (χ1) is 22.1. The quantitative estimate of drug-likeness (QED) is 0.0252. The lowest BCUT2D eigenvalue weighted by molar-refractivity contribution is -0.143. The van der Waals surface area contributed by atoms with Crippen LogP contribution in [-0.2, 0) is 23.9 Å². The fourth-order valence-electron chi connectivity index (χ4n) is 3.17. The Morgan fingerprint density at radius 2 is 1.41 bits per heavy atom. The summed E-state index contributed by atoms with van der Waals surface area (Å²) in [7, 11) is 4.81. The molecule has 5 N–H and O–H groups in total. The van der Waals surface area contributed by atoms with E-state index in [-0.39, 0.29) is 35.0 Å². The van der Waals surface area contributed by atoms with Gasteiger partial charge in [0.25, 0.3) is 11.8 Å². The number of methoxy groups -OCH3 is 2. The largest absolute Gasteiger partial charge is 0.467 e. The summed E-state index contributed by atoms with van der Waals surface area (Å²) < 4.78 is 15.3. The van der Waals surface area contributed by atoms with Crippen LogP contribution in [-0.4, -0.2) is 112 Å². The minimum atomic E-state index is -1.02. The number of ether oxygens (including phenoxy) is 2. The Morgan fingerprint density at radius 1 is 0.891 bits per heavy atom. The van der Waals surface area contributed by atoms with Crippen molar-refractivity contribution in [3.05, 3.63) is 47.8 Å². The van der Waals surface area contributed by atoms with Gasteiger partial charge in [0.15, 0.2) is 0 Å². The van der Waals surface area contributed by atoms with Gasteiger partial charge in [-0.15, -0.1) is 12.6 Å². The molecule has 46 heavy (non-hydrogen) atoms. The van der Waals surface area contributed by atoms with E-state index < -0.39 is 53.0 Å². The molecule has 250 valence electrons. The molecule has 0 aliphatic heterocycles. The highest BCUT2D eigenvalue weighted by Gasteiger charge is 2.25. The maximum absolute atomic E-state index is 12.8. The molecule has 2 aromatic rings. The number of thiocarbonyl (C=S) groups is 1. The minimum Gasteiger partial charge on any atom is -0.467 e. The number of carbonyl (C=O) groups excluding carboxylic acids is 5. The monoisotopic (exact) mass is 748 g/mol. The molecule has 0 fully saturated rings. The first kappa shape index (κ1) is 39.7. The highest BCUT2D eigenvalue weighted by molar-refractivity contribution is 8.76. The summed E-state index contributed by atoms with van der Waals surface area (Å²) in [5.41, 5.74) is 1.18. The van der Waals surface area contributed by atoms with Gasteiger partial charge in [-0.25, -0.2) is 14.3 Å². The molecule has 14 nitrogen and oxygen atoms in total. The van der Waals surface area contributed by atoms with Crippen molar-refractivity contribution in [2.45, 2.75) is 24.2 Å². The lowest BCUT2D eigenvalue weighted by Crippen LogP contribution is -2.44. The van der Waals surface area contributed by atoms with Gasteiger partial charge in [-0.05, 0) is 40.6 Å². The average Bonchev–Trinajstić information content (AvgIpc) is 3.08. The van der Waals surface area contributed by atoms with E-state index in [1.54, 1.807) is 12.1 Å². The number of aromatic nitrogens is 2. The first-order valence-corrected chi connectivity index (χ1v) is 17.9. The number of esters is 2.